The summed E-state index contributed by atoms with van der Waals surface area (Å²) in [6, 6.07) is 13.0. The summed E-state index contributed by atoms with van der Waals surface area (Å²) in [5, 5.41) is 4.04. The van der Waals surface area contributed by atoms with Crippen LogP contribution < -0.4 is 10.0 Å². The normalized spacial score (nSPS) is 20.8. The number of halogens is 3. The Morgan fingerprint density at radius 2 is 1.81 bits per heavy atom. The van der Waals surface area contributed by atoms with Gasteiger partial charge in [0.2, 0.25) is 10.0 Å². The molecule has 1 saturated heterocycles. The number of hydrogen-bond acceptors (Lipinski definition) is 4. The Bertz CT molecular complexity index is 834. The summed E-state index contributed by atoms with van der Waals surface area (Å²) < 4.78 is 34.0. The molecule has 0 aromatic heterocycles. The smallest absolute Gasteiger partial charge is 0.240 e. The van der Waals surface area contributed by atoms with Gasteiger partial charge in [0, 0.05) is 13.1 Å². The van der Waals surface area contributed by atoms with Crippen molar-refractivity contribution in [2.75, 3.05) is 19.7 Å². The van der Waals surface area contributed by atoms with Gasteiger partial charge in [-0.05, 0) is 29.8 Å². The summed E-state index contributed by atoms with van der Waals surface area (Å²) in [4.78, 5) is 0.215. The Labute approximate surface area is 169 Å². The van der Waals surface area contributed by atoms with Crippen LogP contribution in [0.25, 0.3) is 0 Å². The molecule has 1 aliphatic heterocycles. The molecule has 0 unspecified atom stereocenters. The lowest BCUT2D eigenvalue weighted by molar-refractivity contribution is 0.0493. The van der Waals surface area contributed by atoms with Gasteiger partial charge in [-0.15, -0.1) is 12.4 Å². The maximum Gasteiger partial charge on any atom is 0.240 e. The summed E-state index contributed by atoms with van der Waals surface area (Å²) in [5.41, 5.74) is 0.777. The molecular formula is C17H19Cl3N2O3S. The van der Waals surface area contributed by atoms with Gasteiger partial charge in [-0.2, -0.15) is 0 Å². The fourth-order valence-corrected chi connectivity index (χ4v) is 4.29. The van der Waals surface area contributed by atoms with Gasteiger partial charge < -0.3 is 10.1 Å². The van der Waals surface area contributed by atoms with Gasteiger partial charge in [0.1, 0.15) is 6.10 Å². The second-order valence-corrected chi connectivity index (χ2v) is 8.24. The van der Waals surface area contributed by atoms with E-state index in [1.165, 1.54) is 0 Å². The summed E-state index contributed by atoms with van der Waals surface area (Å²) in [7, 11) is -3.66. The van der Waals surface area contributed by atoms with E-state index in [0.717, 1.165) is 5.56 Å². The number of ether oxygens (including phenoxy) is 1. The molecule has 0 spiro atoms. The first kappa shape index (κ1) is 21.4. The zero-order valence-electron chi connectivity index (χ0n) is 13.7. The van der Waals surface area contributed by atoms with Crippen molar-refractivity contribution in [3.05, 3.63) is 64.1 Å². The second kappa shape index (κ2) is 9.37. The molecule has 26 heavy (non-hydrogen) atoms. The fourth-order valence-electron chi connectivity index (χ4n) is 2.73. The van der Waals surface area contributed by atoms with Crippen molar-refractivity contribution in [2.24, 2.45) is 0 Å². The molecule has 1 fully saturated rings. The van der Waals surface area contributed by atoms with E-state index in [4.69, 9.17) is 27.9 Å². The zero-order chi connectivity index (χ0) is 17.9. The third kappa shape index (κ3) is 5.10. The predicted molar refractivity (Wildman–Crippen MR) is 106 cm³/mol. The van der Waals surface area contributed by atoms with E-state index in [9.17, 15) is 8.42 Å². The number of hydrogen-bond donors (Lipinski definition) is 2. The first-order chi connectivity index (χ1) is 12.0. The molecule has 142 valence electrons. The van der Waals surface area contributed by atoms with Crippen LogP contribution in [-0.4, -0.2) is 34.2 Å². The van der Waals surface area contributed by atoms with E-state index in [1.54, 1.807) is 48.5 Å². The summed E-state index contributed by atoms with van der Waals surface area (Å²) in [5.74, 6) is 0. The lowest BCUT2D eigenvalue weighted by Gasteiger charge is -2.26. The monoisotopic (exact) mass is 436 g/mol. The highest BCUT2D eigenvalue weighted by Crippen LogP contribution is 2.30. The fraction of sp³-hybridized carbons (Fsp3) is 0.294. The molecule has 1 heterocycles. The minimum Gasteiger partial charge on any atom is -0.370 e. The molecule has 1 aliphatic rings. The highest BCUT2D eigenvalue weighted by Gasteiger charge is 2.30. The van der Waals surface area contributed by atoms with E-state index in [-0.39, 0.29) is 17.3 Å². The molecule has 0 bridgehead atoms. The van der Waals surface area contributed by atoms with Crippen LogP contribution in [0.5, 0.6) is 0 Å². The first-order valence-corrected chi connectivity index (χ1v) is 10.1. The van der Waals surface area contributed by atoms with Crippen LogP contribution in [0.15, 0.2) is 53.4 Å². The third-order valence-electron chi connectivity index (χ3n) is 3.94. The van der Waals surface area contributed by atoms with Crippen LogP contribution in [-0.2, 0) is 14.8 Å². The molecular weight excluding hydrogens is 419 g/mol. The van der Waals surface area contributed by atoms with Gasteiger partial charge in [-0.25, -0.2) is 13.1 Å². The summed E-state index contributed by atoms with van der Waals surface area (Å²) >= 11 is 12.1. The number of benzene rings is 2. The molecule has 0 aliphatic carbocycles. The predicted octanol–water partition coefficient (Wildman–Crippen LogP) is 3.42. The third-order valence-corrected chi connectivity index (χ3v) is 6.18. The van der Waals surface area contributed by atoms with E-state index >= 15 is 0 Å². The van der Waals surface area contributed by atoms with Crippen molar-refractivity contribution in [1.29, 1.82) is 0 Å². The van der Waals surface area contributed by atoms with Gasteiger partial charge in [0.05, 0.1) is 27.6 Å². The van der Waals surface area contributed by atoms with Crippen LogP contribution in [0.2, 0.25) is 10.0 Å². The Morgan fingerprint density at radius 1 is 1.08 bits per heavy atom. The van der Waals surface area contributed by atoms with Gasteiger partial charge in [-0.3, -0.25) is 0 Å². The van der Waals surface area contributed by atoms with E-state index in [1.807, 2.05) is 0 Å². The van der Waals surface area contributed by atoms with Crippen molar-refractivity contribution in [3.63, 3.8) is 0 Å². The zero-order valence-corrected chi connectivity index (χ0v) is 16.8. The van der Waals surface area contributed by atoms with Crippen molar-refractivity contribution in [1.82, 2.24) is 10.0 Å². The molecule has 2 aromatic carbocycles. The lowest BCUT2D eigenvalue weighted by Crippen LogP contribution is -2.44. The van der Waals surface area contributed by atoms with Crippen LogP contribution in [0.1, 0.15) is 11.7 Å². The van der Waals surface area contributed by atoms with E-state index < -0.39 is 22.2 Å². The molecule has 9 heteroatoms. The topological polar surface area (TPSA) is 67.4 Å². The molecule has 2 atom stereocenters. The maximum absolute atomic E-state index is 12.7. The standard InChI is InChI=1S/C17H18Cl2N2O3S.ClH/c18-14-7-6-12(10-15(14)19)17-16(11-20-8-9-24-17)21-25(22,23)13-4-2-1-3-5-13;/h1-7,10,16-17,20-21H,8-9,11H2;1H/t16-,17+;/m1./s1. The SMILES string of the molecule is Cl.O=S(=O)(N[C@@H]1CNCCO[C@H]1c1ccc(Cl)c(Cl)c1)c1ccccc1. The van der Waals surface area contributed by atoms with E-state index in [2.05, 4.69) is 10.0 Å². The molecule has 3 rings (SSSR count). The maximum atomic E-state index is 12.7. The van der Waals surface area contributed by atoms with Crippen LogP contribution in [0.3, 0.4) is 0 Å². The van der Waals surface area contributed by atoms with Crippen molar-refractivity contribution in [3.8, 4) is 0 Å². The number of rotatable bonds is 4. The Hall–Kier alpha value is -0.860. The van der Waals surface area contributed by atoms with Gasteiger partial charge in [-0.1, -0.05) is 47.5 Å². The van der Waals surface area contributed by atoms with Gasteiger partial charge >= 0.3 is 0 Å². The molecule has 5 nitrogen and oxygen atoms in total. The molecule has 0 radical (unpaired) electrons. The Kier molecular flexibility index (Phi) is 7.73. The van der Waals surface area contributed by atoms with Crippen molar-refractivity contribution >= 4 is 45.6 Å². The summed E-state index contributed by atoms with van der Waals surface area (Å²) in [6.07, 6.45) is -0.469. The molecule has 0 amide bonds. The number of sulfonamides is 1. The second-order valence-electron chi connectivity index (χ2n) is 5.71. The minimum absolute atomic E-state index is 0. The van der Waals surface area contributed by atoms with Crippen LogP contribution in [0.4, 0.5) is 0 Å². The summed E-state index contributed by atoms with van der Waals surface area (Å²) in [6.45, 7) is 1.55. The minimum atomic E-state index is -3.66. The quantitative estimate of drug-likeness (QED) is 0.769. The highest BCUT2D eigenvalue weighted by atomic mass is 35.5. The number of nitrogens with one attached hydrogen (secondary N) is 2. The van der Waals surface area contributed by atoms with Crippen LogP contribution >= 0.6 is 35.6 Å². The Balaban J connectivity index is 0.00000243. The van der Waals surface area contributed by atoms with E-state index in [0.29, 0.717) is 29.7 Å². The van der Waals surface area contributed by atoms with Crippen molar-refractivity contribution in [2.45, 2.75) is 17.0 Å². The van der Waals surface area contributed by atoms with Gasteiger partial charge in [0.25, 0.3) is 0 Å². The highest BCUT2D eigenvalue weighted by molar-refractivity contribution is 7.89. The first-order valence-electron chi connectivity index (χ1n) is 7.82. The largest absolute Gasteiger partial charge is 0.370 e. The van der Waals surface area contributed by atoms with Gasteiger partial charge in [0.15, 0.2) is 0 Å². The van der Waals surface area contributed by atoms with Crippen LogP contribution in [0, 0.1) is 0 Å². The average Bonchev–Trinajstić information content (AvgIpc) is 2.83. The Morgan fingerprint density at radius 3 is 2.50 bits per heavy atom. The van der Waals surface area contributed by atoms with Crippen molar-refractivity contribution < 1.29 is 13.2 Å². The average molecular weight is 438 g/mol. The molecule has 2 N–H and O–H groups in total. The lowest BCUT2D eigenvalue weighted by atomic mass is 10.0. The molecule has 2 aromatic rings. The molecule has 0 saturated carbocycles.